The van der Waals surface area contributed by atoms with Crippen LogP contribution in [-0.4, -0.2) is 52.7 Å². The Labute approximate surface area is 177 Å². The van der Waals surface area contributed by atoms with E-state index < -0.39 is 0 Å². The average molecular weight is 411 g/mol. The van der Waals surface area contributed by atoms with E-state index in [9.17, 15) is 4.79 Å². The maximum Gasteiger partial charge on any atom is 0.233 e. The van der Waals surface area contributed by atoms with E-state index in [1.807, 2.05) is 17.9 Å². The van der Waals surface area contributed by atoms with E-state index in [0.717, 1.165) is 43.5 Å². The molecule has 0 N–H and O–H groups in total. The third kappa shape index (κ3) is 4.74. The van der Waals surface area contributed by atoms with Crippen LogP contribution in [0.2, 0.25) is 0 Å². The Balaban J connectivity index is 1.31. The lowest BCUT2D eigenvalue weighted by Gasteiger charge is -2.35. The number of nitrogens with zero attached hydrogens (tertiary/aromatic N) is 4. The van der Waals surface area contributed by atoms with Crippen molar-refractivity contribution in [2.24, 2.45) is 0 Å². The predicted octanol–water partition coefficient (Wildman–Crippen LogP) is 3.84. The van der Waals surface area contributed by atoms with Crippen LogP contribution >= 0.6 is 11.8 Å². The number of rotatable bonds is 5. The van der Waals surface area contributed by atoms with Crippen molar-refractivity contribution in [2.45, 2.75) is 50.8 Å². The van der Waals surface area contributed by atoms with Crippen molar-refractivity contribution in [1.29, 1.82) is 0 Å². The summed E-state index contributed by atoms with van der Waals surface area (Å²) in [5, 5.41) is 0. The van der Waals surface area contributed by atoms with Gasteiger partial charge in [0.1, 0.15) is 11.6 Å². The first-order valence-electron chi connectivity index (χ1n) is 10.6. The summed E-state index contributed by atoms with van der Waals surface area (Å²) < 4.78 is 0. The number of fused-ring (bicyclic) bond motifs is 1. The first-order valence-corrected chi connectivity index (χ1v) is 11.6. The summed E-state index contributed by atoms with van der Waals surface area (Å²) in [4.78, 5) is 27.5. The third-order valence-electron chi connectivity index (χ3n) is 5.76. The van der Waals surface area contributed by atoms with E-state index in [1.54, 1.807) is 11.8 Å². The van der Waals surface area contributed by atoms with Crippen LogP contribution in [0.25, 0.3) is 0 Å². The zero-order valence-electron chi connectivity index (χ0n) is 17.6. The molecule has 0 unspecified atom stereocenters. The maximum atomic E-state index is 12.7. The maximum absolute atomic E-state index is 12.7. The molecule has 0 radical (unpaired) electrons. The highest BCUT2D eigenvalue weighted by molar-refractivity contribution is 8.00. The first-order chi connectivity index (χ1) is 14.0. The lowest BCUT2D eigenvalue weighted by molar-refractivity contribution is -0.128. The molecule has 4 rings (SSSR count). The molecule has 5 nitrogen and oxygen atoms in total. The lowest BCUT2D eigenvalue weighted by Crippen LogP contribution is -2.49. The zero-order valence-corrected chi connectivity index (χ0v) is 18.5. The van der Waals surface area contributed by atoms with Gasteiger partial charge in [0.2, 0.25) is 5.91 Å². The number of carbonyl (C=O) groups excluding carboxylic acids is 1. The van der Waals surface area contributed by atoms with Crippen molar-refractivity contribution in [3.05, 3.63) is 46.9 Å². The Morgan fingerprint density at radius 1 is 1.07 bits per heavy atom. The van der Waals surface area contributed by atoms with Crippen molar-refractivity contribution in [2.75, 3.05) is 36.8 Å². The van der Waals surface area contributed by atoms with Crippen molar-refractivity contribution >= 4 is 23.5 Å². The van der Waals surface area contributed by atoms with E-state index in [2.05, 4.69) is 41.9 Å². The van der Waals surface area contributed by atoms with Gasteiger partial charge < -0.3 is 9.80 Å². The van der Waals surface area contributed by atoms with Crippen LogP contribution in [0.1, 0.15) is 48.8 Å². The number of anilines is 1. The topological polar surface area (TPSA) is 49.3 Å². The van der Waals surface area contributed by atoms with Gasteiger partial charge in [-0.15, -0.1) is 11.8 Å². The highest BCUT2D eigenvalue weighted by Crippen LogP contribution is 2.28. The largest absolute Gasteiger partial charge is 0.353 e. The van der Waals surface area contributed by atoms with E-state index in [4.69, 9.17) is 4.98 Å². The third-order valence-corrected chi connectivity index (χ3v) is 6.74. The molecule has 1 aromatic heterocycles. The first kappa shape index (κ1) is 20.2. The van der Waals surface area contributed by atoms with Crippen LogP contribution in [-0.2, 0) is 17.6 Å². The Kier molecular flexibility index (Phi) is 6.09. The van der Waals surface area contributed by atoms with E-state index in [0.29, 0.717) is 11.7 Å². The number of hydrogen-bond acceptors (Lipinski definition) is 5. The molecule has 0 saturated carbocycles. The summed E-state index contributed by atoms with van der Waals surface area (Å²) in [6, 6.07) is 8.74. The molecule has 1 amide bonds. The van der Waals surface area contributed by atoms with Gasteiger partial charge in [-0.1, -0.05) is 19.9 Å². The number of benzene rings is 1. The van der Waals surface area contributed by atoms with Gasteiger partial charge in [0.05, 0.1) is 5.75 Å². The van der Waals surface area contributed by atoms with Gasteiger partial charge in [-0.2, -0.15) is 0 Å². The number of piperazine rings is 1. The molecule has 2 aliphatic rings. The quantitative estimate of drug-likeness (QED) is 0.701. The molecule has 6 heteroatoms. The molecule has 1 aliphatic carbocycles. The SMILES string of the molecule is Cc1cc(N2CCN(C(=O)CSc3ccc4c(c3)CCC4)CC2)nc(C(C)C)n1. The average Bonchev–Trinajstić information content (AvgIpc) is 3.19. The number of aryl methyl sites for hydroxylation is 3. The van der Waals surface area contributed by atoms with Crippen molar-refractivity contribution < 1.29 is 4.79 Å². The predicted molar refractivity (Wildman–Crippen MR) is 119 cm³/mol. The standard InChI is InChI=1S/C23H30N4OS/c1-16(2)23-24-17(3)13-21(25-23)26-9-11-27(12-10-26)22(28)15-29-20-8-7-18-5-4-6-19(18)14-20/h7-8,13-14,16H,4-6,9-12,15H2,1-3H3. The second-order valence-electron chi connectivity index (χ2n) is 8.32. The fourth-order valence-electron chi connectivity index (χ4n) is 4.05. The highest BCUT2D eigenvalue weighted by Gasteiger charge is 2.23. The second kappa shape index (κ2) is 8.74. The minimum Gasteiger partial charge on any atom is -0.353 e. The van der Waals surface area contributed by atoms with Gasteiger partial charge >= 0.3 is 0 Å². The summed E-state index contributed by atoms with van der Waals surface area (Å²) in [6.45, 7) is 9.41. The van der Waals surface area contributed by atoms with Crippen LogP contribution in [0, 0.1) is 6.92 Å². The Morgan fingerprint density at radius 2 is 1.83 bits per heavy atom. The van der Waals surface area contributed by atoms with E-state index in [1.165, 1.54) is 35.3 Å². The Hall–Kier alpha value is -2.08. The molecule has 2 heterocycles. The van der Waals surface area contributed by atoms with Gasteiger partial charge in [0.25, 0.3) is 0 Å². The van der Waals surface area contributed by atoms with E-state index >= 15 is 0 Å². The zero-order chi connectivity index (χ0) is 20.4. The van der Waals surface area contributed by atoms with Crippen molar-refractivity contribution in [3.63, 3.8) is 0 Å². The van der Waals surface area contributed by atoms with Crippen molar-refractivity contribution in [1.82, 2.24) is 14.9 Å². The van der Waals surface area contributed by atoms with Gasteiger partial charge in [-0.25, -0.2) is 9.97 Å². The number of carbonyl (C=O) groups is 1. The van der Waals surface area contributed by atoms with Crippen LogP contribution in [0.3, 0.4) is 0 Å². The molecule has 29 heavy (non-hydrogen) atoms. The highest BCUT2D eigenvalue weighted by atomic mass is 32.2. The summed E-state index contributed by atoms with van der Waals surface area (Å²) in [7, 11) is 0. The minimum absolute atomic E-state index is 0.233. The number of hydrogen-bond donors (Lipinski definition) is 0. The molecule has 1 saturated heterocycles. The minimum atomic E-state index is 0.233. The molecular formula is C23H30N4OS. The molecule has 1 aliphatic heterocycles. The molecule has 154 valence electrons. The number of amides is 1. The molecule has 0 bridgehead atoms. The normalized spacial score (nSPS) is 16.4. The molecule has 0 spiro atoms. The molecular weight excluding hydrogens is 380 g/mol. The van der Waals surface area contributed by atoms with Gasteiger partial charge in [-0.05, 0) is 49.4 Å². The fraction of sp³-hybridized carbons (Fsp3) is 0.522. The molecule has 1 aromatic carbocycles. The summed E-state index contributed by atoms with van der Waals surface area (Å²) in [5.41, 5.74) is 3.96. The fourth-order valence-corrected chi connectivity index (χ4v) is 4.92. The Morgan fingerprint density at radius 3 is 2.59 bits per heavy atom. The smallest absolute Gasteiger partial charge is 0.233 e. The number of aromatic nitrogens is 2. The molecule has 1 fully saturated rings. The molecule has 2 aromatic rings. The summed E-state index contributed by atoms with van der Waals surface area (Å²) in [6.07, 6.45) is 3.64. The second-order valence-corrected chi connectivity index (χ2v) is 9.37. The molecule has 0 atom stereocenters. The summed E-state index contributed by atoms with van der Waals surface area (Å²) in [5.74, 6) is 2.94. The van der Waals surface area contributed by atoms with Gasteiger partial charge in [0, 0.05) is 48.8 Å². The van der Waals surface area contributed by atoms with Gasteiger partial charge in [-0.3, -0.25) is 4.79 Å². The number of thioether (sulfide) groups is 1. The van der Waals surface area contributed by atoms with Crippen LogP contribution in [0.4, 0.5) is 5.82 Å². The lowest BCUT2D eigenvalue weighted by atomic mass is 10.1. The van der Waals surface area contributed by atoms with Crippen LogP contribution in [0.15, 0.2) is 29.2 Å². The summed E-state index contributed by atoms with van der Waals surface area (Å²) >= 11 is 1.67. The van der Waals surface area contributed by atoms with Crippen LogP contribution < -0.4 is 4.90 Å². The monoisotopic (exact) mass is 410 g/mol. The Bertz CT molecular complexity index is 890. The van der Waals surface area contributed by atoms with E-state index in [-0.39, 0.29) is 5.91 Å². The van der Waals surface area contributed by atoms with Crippen LogP contribution in [0.5, 0.6) is 0 Å². The van der Waals surface area contributed by atoms with Gasteiger partial charge in [0.15, 0.2) is 0 Å². The van der Waals surface area contributed by atoms with Crippen molar-refractivity contribution in [3.8, 4) is 0 Å².